The van der Waals surface area contributed by atoms with Gasteiger partial charge in [0.05, 0.1) is 31.1 Å². The fourth-order valence-electron chi connectivity index (χ4n) is 3.06. The largest absolute Gasteiger partial charge is 0.377 e. The molecule has 0 aromatic carbocycles. The normalized spacial score (nSPS) is 22.4. The summed E-state index contributed by atoms with van der Waals surface area (Å²) in [6, 6.07) is -0.0685. The monoisotopic (exact) mass is 331 g/mol. The topological polar surface area (TPSA) is 101 Å². The van der Waals surface area contributed by atoms with Crippen LogP contribution in [-0.2, 0) is 4.74 Å². The molecule has 2 fully saturated rings. The first-order valence-corrected chi connectivity index (χ1v) is 8.27. The number of ether oxygens (including phenoxy) is 1. The summed E-state index contributed by atoms with van der Waals surface area (Å²) in [7, 11) is 0. The van der Waals surface area contributed by atoms with Gasteiger partial charge in [-0.1, -0.05) is 0 Å². The van der Waals surface area contributed by atoms with Gasteiger partial charge in [0.25, 0.3) is 0 Å². The number of aromatic amines is 1. The van der Waals surface area contributed by atoms with Crippen molar-refractivity contribution in [3.05, 3.63) is 24.5 Å². The molecule has 2 aromatic rings. The molecular weight excluding hydrogens is 310 g/mol. The molecule has 2 amide bonds. The molecule has 0 bridgehead atoms. The fraction of sp³-hybridized carbons (Fsp3) is 0.600. The van der Waals surface area contributed by atoms with E-state index >= 15 is 0 Å². The van der Waals surface area contributed by atoms with Gasteiger partial charge in [-0.2, -0.15) is 10.2 Å². The Hall–Kier alpha value is -2.42. The molecule has 9 heteroatoms. The third-order valence-corrected chi connectivity index (χ3v) is 4.71. The maximum absolute atomic E-state index is 12.7. The van der Waals surface area contributed by atoms with Crippen molar-refractivity contribution in [1.29, 1.82) is 0 Å². The number of aromatic nitrogens is 5. The highest BCUT2D eigenvalue weighted by molar-refractivity contribution is 5.89. The summed E-state index contributed by atoms with van der Waals surface area (Å²) in [6.45, 7) is 3.58. The minimum Gasteiger partial charge on any atom is -0.377 e. The number of hydrogen-bond acceptors (Lipinski definition) is 5. The number of H-pyrrole nitrogens is 1. The molecule has 2 N–H and O–H groups in total. The van der Waals surface area contributed by atoms with Crippen molar-refractivity contribution in [2.24, 2.45) is 5.92 Å². The Morgan fingerprint density at radius 2 is 2.38 bits per heavy atom. The Kier molecular flexibility index (Phi) is 3.93. The number of rotatable bonds is 4. The summed E-state index contributed by atoms with van der Waals surface area (Å²) in [4.78, 5) is 18.5. The molecule has 4 rings (SSSR count). The van der Waals surface area contributed by atoms with Gasteiger partial charge in [-0.3, -0.25) is 9.78 Å². The van der Waals surface area contributed by atoms with Crippen LogP contribution in [-0.4, -0.2) is 55.7 Å². The second-order valence-electron chi connectivity index (χ2n) is 6.37. The Labute approximate surface area is 139 Å². The maximum atomic E-state index is 12.7. The van der Waals surface area contributed by atoms with Crippen LogP contribution in [0.2, 0.25) is 0 Å². The van der Waals surface area contributed by atoms with Crippen molar-refractivity contribution in [3.8, 4) is 0 Å². The lowest BCUT2D eigenvalue weighted by molar-refractivity contribution is 0.0118. The van der Waals surface area contributed by atoms with E-state index in [1.807, 2.05) is 10.9 Å². The van der Waals surface area contributed by atoms with Crippen LogP contribution in [0.25, 0.3) is 0 Å². The number of urea groups is 1. The minimum absolute atomic E-state index is 0.182. The summed E-state index contributed by atoms with van der Waals surface area (Å²) < 4.78 is 7.41. The number of morpholine rings is 1. The van der Waals surface area contributed by atoms with Crippen molar-refractivity contribution in [3.63, 3.8) is 0 Å². The second-order valence-corrected chi connectivity index (χ2v) is 6.37. The lowest BCUT2D eigenvalue weighted by Crippen LogP contribution is -2.45. The van der Waals surface area contributed by atoms with Crippen LogP contribution in [0.3, 0.4) is 0 Å². The van der Waals surface area contributed by atoms with Crippen LogP contribution in [0.4, 0.5) is 10.5 Å². The molecule has 3 heterocycles. The number of nitrogens with one attached hydrogen (secondary N) is 2. The molecule has 24 heavy (non-hydrogen) atoms. The number of anilines is 1. The fourth-order valence-corrected chi connectivity index (χ4v) is 3.06. The quantitative estimate of drug-likeness (QED) is 0.886. The molecule has 0 spiro atoms. The second kappa shape index (κ2) is 6.23. The van der Waals surface area contributed by atoms with E-state index in [4.69, 9.17) is 4.74 Å². The van der Waals surface area contributed by atoms with Crippen LogP contribution in [0.5, 0.6) is 0 Å². The standard InChI is InChI=1S/C15H21N7O2/c1-10(11-2-3-11)22-7-12(6-18-22)19-15(23)21-4-5-24-8-13(21)14-16-9-17-20-14/h6-7,9-11,13H,2-5,8H2,1H3,(H,19,23)(H,16,17,20)/t10-,13+/m0/s1. The molecule has 1 saturated carbocycles. The van der Waals surface area contributed by atoms with E-state index in [0.717, 1.165) is 0 Å². The molecular formula is C15H21N7O2. The number of carbonyl (C=O) groups is 1. The lowest BCUT2D eigenvalue weighted by Gasteiger charge is -2.33. The predicted octanol–water partition coefficient (Wildman–Crippen LogP) is 1.58. The van der Waals surface area contributed by atoms with Gasteiger partial charge in [0.1, 0.15) is 18.2 Å². The van der Waals surface area contributed by atoms with Crippen LogP contribution in [0, 0.1) is 5.92 Å². The molecule has 128 valence electrons. The first kappa shape index (κ1) is 15.1. The van der Waals surface area contributed by atoms with Gasteiger partial charge in [0.15, 0.2) is 0 Å². The van der Waals surface area contributed by atoms with Crippen molar-refractivity contribution >= 4 is 11.7 Å². The van der Waals surface area contributed by atoms with Crippen molar-refractivity contribution in [1.82, 2.24) is 29.9 Å². The van der Waals surface area contributed by atoms with Gasteiger partial charge in [-0.05, 0) is 25.7 Å². The van der Waals surface area contributed by atoms with Gasteiger partial charge in [0, 0.05) is 12.7 Å². The van der Waals surface area contributed by atoms with E-state index in [1.54, 1.807) is 11.1 Å². The summed E-state index contributed by atoms with van der Waals surface area (Å²) in [6.07, 6.45) is 7.54. The van der Waals surface area contributed by atoms with Gasteiger partial charge in [0.2, 0.25) is 0 Å². The van der Waals surface area contributed by atoms with E-state index in [-0.39, 0.29) is 12.1 Å². The molecule has 2 atom stereocenters. The molecule has 1 aliphatic heterocycles. The van der Waals surface area contributed by atoms with E-state index in [9.17, 15) is 4.79 Å². The predicted molar refractivity (Wildman–Crippen MR) is 85.3 cm³/mol. The first-order valence-electron chi connectivity index (χ1n) is 8.27. The zero-order valence-corrected chi connectivity index (χ0v) is 13.6. The summed E-state index contributed by atoms with van der Waals surface area (Å²) in [5, 5.41) is 14.0. The Morgan fingerprint density at radius 3 is 3.12 bits per heavy atom. The first-order chi connectivity index (χ1) is 11.7. The van der Waals surface area contributed by atoms with Crippen LogP contribution >= 0.6 is 0 Å². The summed E-state index contributed by atoms with van der Waals surface area (Å²) in [5.74, 6) is 1.34. The van der Waals surface area contributed by atoms with Crippen LogP contribution in [0.15, 0.2) is 18.7 Å². The van der Waals surface area contributed by atoms with E-state index in [0.29, 0.717) is 43.2 Å². The molecule has 9 nitrogen and oxygen atoms in total. The van der Waals surface area contributed by atoms with Crippen molar-refractivity contribution < 1.29 is 9.53 Å². The van der Waals surface area contributed by atoms with Crippen molar-refractivity contribution in [2.75, 3.05) is 25.1 Å². The van der Waals surface area contributed by atoms with Gasteiger partial charge in [-0.15, -0.1) is 0 Å². The average Bonchev–Trinajstić information content (AvgIpc) is 3.10. The maximum Gasteiger partial charge on any atom is 0.322 e. The van der Waals surface area contributed by atoms with Crippen LogP contribution in [0.1, 0.15) is 37.7 Å². The van der Waals surface area contributed by atoms with Crippen LogP contribution < -0.4 is 5.32 Å². The Morgan fingerprint density at radius 1 is 1.50 bits per heavy atom. The summed E-state index contributed by atoms with van der Waals surface area (Å²) >= 11 is 0. The highest BCUT2D eigenvalue weighted by atomic mass is 16.5. The number of hydrogen-bond donors (Lipinski definition) is 2. The third kappa shape index (κ3) is 2.99. The molecule has 2 aromatic heterocycles. The molecule has 1 saturated heterocycles. The minimum atomic E-state index is -0.262. The highest BCUT2D eigenvalue weighted by Gasteiger charge is 2.32. The zero-order chi connectivity index (χ0) is 16.5. The molecule has 0 radical (unpaired) electrons. The summed E-state index contributed by atoms with van der Waals surface area (Å²) in [5.41, 5.74) is 0.704. The van der Waals surface area contributed by atoms with Gasteiger partial charge < -0.3 is 15.0 Å². The SMILES string of the molecule is C[C@@H](C1CC1)n1cc(NC(=O)N2CCOC[C@@H]2c2ncn[nH]2)cn1. The number of carbonyl (C=O) groups excluding carboxylic acids is 1. The van der Waals surface area contributed by atoms with Gasteiger partial charge in [-0.25, -0.2) is 9.78 Å². The smallest absolute Gasteiger partial charge is 0.322 e. The van der Waals surface area contributed by atoms with E-state index in [1.165, 1.54) is 19.2 Å². The Balaban J connectivity index is 1.44. The number of nitrogens with zero attached hydrogens (tertiary/aromatic N) is 5. The molecule has 0 unspecified atom stereocenters. The third-order valence-electron chi connectivity index (χ3n) is 4.71. The van der Waals surface area contributed by atoms with Gasteiger partial charge >= 0.3 is 6.03 Å². The van der Waals surface area contributed by atoms with E-state index in [2.05, 4.69) is 32.5 Å². The lowest BCUT2D eigenvalue weighted by atomic mass is 10.2. The zero-order valence-electron chi connectivity index (χ0n) is 13.6. The number of amides is 2. The van der Waals surface area contributed by atoms with Crippen molar-refractivity contribution in [2.45, 2.75) is 31.8 Å². The van der Waals surface area contributed by atoms with E-state index < -0.39 is 0 Å². The molecule has 1 aliphatic carbocycles. The average molecular weight is 331 g/mol. The Bertz CT molecular complexity index is 695. The highest BCUT2D eigenvalue weighted by Crippen LogP contribution is 2.39. The molecule has 2 aliphatic rings.